The molecule has 1 saturated heterocycles. The third-order valence-electron chi connectivity index (χ3n) is 3.99. The Morgan fingerprint density at radius 2 is 2.21 bits per heavy atom. The summed E-state index contributed by atoms with van der Waals surface area (Å²) in [5.41, 5.74) is 2.29. The minimum Gasteiger partial charge on any atom is -0.368 e. The molecule has 19 heavy (non-hydrogen) atoms. The smallest absolute Gasteiger partial charge is 0.123 e. The first-order chi connectivity index (χ1) is 9.13. The van der Waals surface area contributed by atoms with Crippen LogP contribution in [0.25, 0.3) is 0 Å². The van der Waals surface area contributed by atoms with Gasteiger partial charge in [0.25, 0.3) is 0 Å². The van der Waals surface area contributed by atoms with E-state index < -0.39 is 0 Å². The highest BCUT2D eigenvalue weighted by molar-refractivity contribution is 5.55. The zero-order valence-corrected chi connectivity index (χ0v) is 12.2. The summed E-state index contributed by atoms with van der Waals surface area (Å²) in [6.07, 6.45) is 2.48. The molecule has 0 aromatic heterocycles. The van der Waals surface area contributed by atoms with Crippen LogP contribution in [0.3, 0.4) is 0 Å². The molecule has 1 aliphatic rings. The summed E-state index contributed by atoms with van der Waals surface area (Å²) in [7, 11) is 0. The number of anilines is 1. The molecule has 0 aliphatic carbocycles. The second-order valence-corrected chi connectivity index (χ2v) is 5.70. The van der Waals surface area contributed by atoms with Crippen molar-refractivity contribution in [3.05, 3.63) is 29.6 Å². The third kappa shape index (κ3) is 3.27. The Morgan fingerprint density at radius 3 is 2.89 bits per heavy atom. The molecular weight excluding hydrogens is 239 g/mol. The average Bonchev–Trinajstić information content (AvgIpc) is 2.85. The van der Waals surface area contributed by atoms with Crippen LogP contribution in [0.1, 0.15) is 39.2 Å². The molecular formula is C16H25FN2. The second-order valence-electron chi connectivity index (χ2n) is 5.70. The van der Waals surface area contributed by atoms with E-state index in [1.807, 2.05) is 6.07 Å². The maximum absolute atomic E-state index is 13.5. The molecule has 1 heterocycles. The van der Waals surface area contributed by atoms with Crippen molar-refractivity contribution < 1.29 is 4.39 Å². The summed E-state index contributed by atoms with van der Waals surface area (Å²) < 4.78 is 13.5. The fraction of sp³-hybridized carbons (Fsp3) is 0.625. The highest BCUT2D eigenvalue weighted by Crippen LogP contribution is 2.32. The minimum atomic E-state index is -0.142. The topological polar surface area (TPSA) is 15.3 Å². The maximum Gasteiger partial charge on any atom is 0.123 e. The third-order valence-corrected chi connectivity index (χ3v) is 3.99. The van der Waals surface area contributed by atoms with Gasteiger partial charge in [0.2, 0.25) is 0 Å². The lowest BCUT2D eigenvalue weighted by atomic mass is 10.0. The zero-order valence-electron chi connectivity index (χ0n) is 12.2. The number of nitrogens with zero attached hydrogens (tertiary/aromatic N) is 1. The highest BCUT2D eigenvalue weighted by Gasteiger charge is 2.28. The van der Waals surface area contributed by atoms with E-state index in [4.69, 9.17) is 0 Å². The summed E-state index contributed by atoms with van der Waals surface area (Å²) in [6.45, 7) is 9.36. The van der Waals surface area contributed by atoms with Crippen molar-refractivity contribution in [1.82, 2.24) is 5.32 Å². The van der Waals surface area contributed by atoms with Gasteiger partial charge in [-0.2, -0.15) is 0 Å². The van der Waals surface area contributed by atoms with E-state index in [9.17, 15) is 4.39 Å². The molecule has 1 fully saturated rings. The van der Waals surface area contributed by atoms with Crippen molar-refractivity contribution in [2.75, 3.05) is 18.0 Å². The Balaban J connectivity index is 2.27. The molecule has 1 aromatic carbocycles. The van der Waals surface area contributed by atoms with E-state index in [1.165, 1.54) is 18.5 Å². The van der Waals surface area contributed by atoms with Gasteiger partial charge in [-0.25, -0.2) is 4.39 Å². The van der Waals surface area contributed by atoms with Crippen molar-refractivity contribution in [3.63, 3.8) is 0 Å². The molecule has 1 atom stereocenters. The van der Waals surface area contributed by atoms with Crippen LogP contribution in [-0.4, -0.2) is 19.1 Å². The van der Waals surface area contributed by atoms with Gasteiger partial charge in [0.05, 0.1) is 0 Å². The van der Waals surface area contributed by atoms with Gasteiger partial charge in [-0.3, -0.25) is 0 Å². The molecule has 1 unspecified atom stereocenters. The number of hydrogen-bond acceptors (Lipinski definition) is 2. The number of halogens is 1. The van der Waals surface area contributed by atoms with Crippen LogP contribution < -0.4 is 10.2 Å². The minimum absolute atomic E-state index is 0.142. The molecule has 0 spiro atoms. The Kier molecular flexibility index (Phi) is 4.81. The largest absolute Gasteiger partial charge is 0.368 e. The van der Waals surface area contributed by atoms with Crippen molar-refractivity contribution in [2.45, 2.75) is 46.2 Å². The number of benzene rings is 1. The Morgan fingerprint density at radius 1 is 1.42 bits per heavy atom. The van der Waals surface area contributed by atoms with Gasteiger partial charge in [0, 0.05) is 24.8 Å². The van der Waals surface area contributed by atoms with Gasteiger partial charge in [-0.1, -0.05) is 20.8 Å². The fourth-order valence-corrected chi connectivity index (χ4v) is 3.02. The summed E-state index contributed by atoms with van der Waals surface area (Å²) in [4.78, 5) is 2.47. The van der Waals surface area contributed by atoms with Crippen molar-refractivity contribution in [2.24, 2.45) is 5.92 Å². The predicted molar refractivity (Wildman–Crippen MR) is 79.0 cm³/mol. The average molecular weight is 264 g/mol. The zero-order chi connectivity index (χ0) is 13.8. The van der Waals surface area contributed by atoms with Crippen LogP contribution in [0, 0.1) is 11.7 Å². The first-order valence-electron chi connectivity index (χ1n) is 7.39. The van der Waals surface area contributed by atoms with E-state index in [0.717, 1.165) is 25.2 Å². The quantitative estimate of drug-likeness (QED) is 0.874. The summed E-state index contributed by atoms with van der Waals surface area (Å²) >= 11 is 0. The van der Waals surface area contributed by atoms with Crippen LogP contribution in [0.15, 0.2) is 18.2 Å². The predicted octanol–water partition coefficient (Wildman–Crippen LogP) is 3.56. The van der Waals surface area contributed by atoms with E-state index >= 15 is 0 Å². The van der Waals surface area contributed by atoms with Gasteiger partial charge in [0.15, 0.2) is 0 Å². The first kappa shape index (κ1) is 14.3. The molecule has 0 radical (unpaired) electrons. The van der Waals surface area contributed by atoms with E-state index in [-0.39, 0.29) is 5.82 Å². The Hall–Kier alpha value is -1.09. The van der Waals surface area contributed by atoms with Gasteiger partial charge in [-0.15, -0.1) is 0 Å². The van der Waals surface area contributed by atoms with E-state index in [0.29, 0.717) is 12.0 Å². The lowest BCUT2D eigenvalue weighted by Gasteiger charge is -2.31. The molecule has 1 aromatic rings. The molecule has 3 heteroatoms. The number of nitrogens with one attached hydrogen (secondary N) is 1. The molecule has 0 saturated carbocycles. The van der Waals surface area contributed by atoms with E-state index in [2.05, 4.69) is 31.0 Å². The van der Waals surface area contributed by atoms with Crippen LogP contribution in [0.5, 0.6) is 0 Å². The molecule has 1 aliphatic heterocycles. The molecule has 0 bridgehead atoms. The Bertz CT molecular complexity index is 417. The standard InChI is InChI=1S/C16H25FN2/c1-4-18-11-13-10-14(17)7-8-16(13)19-9-5-6-15(19)12(2)3/h7-8,10,12,15,18H,4-6,9,11H2,1-3H3. The monoisotopic (exact) mass is 264 g/mol. The lowest BCUT2D eigenvalue weighted by Crippen LogP contribution is -2.34. The van der Waals surface area contributed by atoms with E-state index in [1.54, 1.807) is 12.1 Å². The molecule has 1 N–H and O–H groups in total. The van der Waals surface area contributed by atoms with Crippen LogP contribution >= 0.6 is 0 Å². The normalized spacial score (nSPS) is 19.4. The van der Waals surface area contributed by atoms with Crippen LogP contribution in [-0.2, 0) is 6.54 Å². The SMILES string of the molecule is CCNCc1cc(F)ccc1N1CCCC1C(C)C. The Labute approximate surface area is 116 Å². The summed E-state index contributed by atoms with van der Waals surface area (Å²) in [6, 6.07) is 5.79. The highest BCUT2D eigenvalue weighted by atomic mass is 19.1. The molecule has 2 rings (SSSR count). The molecule has 106 valence electrons. The van der Waals surface area contributed by atoms with Crippen molar-refractivity contribution >= 4 is 5.69 Å². The first-order valence-corrected chi connectivity index (χ1v) is 7.39. The lowest BCUT2D eigenvalue weighted by molar-refractivity contribution is 0.490. The van der Waals surface area contributed by atoms with Gasteiger partial charge < -0.3 is 10.2 Å². The van der Waals surface area contributed by atoms with Crippen LogP contribution in [0.4, 0.5) is 10.1 Å². The van der Waals surface area contributed by atoms with Crippen molar-refractivity contribution in [1.29, 1.82) is 0 Å². The van der Waals surface area contributed by atoms with Crippen molar-refractivity contribution in [3.8, 4) is 0 Å². The van der Waals surface area contributed by atoms with Gasteiger partial charge in [0.1, 0.15) is 5.82 Å². The summed E-state index contributed by atoms with van der Waals surface area (Å²) in [5, 5.41) is 3.31. The van der Waals surface area contributed by atoms with Crippen LogP contribution in [0.2, 0.25) is 0 Å². The number of rotatable bonds is 5. The molecule has 2 nitrogen and oxygen atoms in total. The molecule has 0 amide bonds. The second kappa shape index (κ2) is 6.38. The maximum atomic E-state index is 13.5. The number of hydrogen-bond donors (Lipinski definition) is 1. The fourth-order valence-electron chi connectivity index (χ4n) is 3.02. The van der Waals surface area contributed by atoms with Gasteiger partial charge >= 0.3 is 0 Å². The summed E-state index contributed by atoms with van der Waals surface area (Å²) in [5.74, 6) is 0.497. The van der Waals surface area contributed by atoms with Gasteiger partial charge in [-0.05, 0) is 49.1 Å².